The highest BCUT2D eigenvalue weighted by molar-refractivity contribution is 9.10. The highest BCUT2D eigenvalue weighted by Crippen LogP contribution is 2.44. The van der Waals surface area contributed by atoms with E-state index in [1.165, 1.54) is 11.6 Å². The maximum Gasteiger partial charge on any atom is 0.417 e. The molecule has 0 saturated heterocycles. The lowest BCUT2D eigenvalue weighted by molar-refractivity contribution is -0.137. The number of nitrogens with zero attached hydrogens (tertiary/aromatic N) is 1. The molecule has 27 heavy (non-hydrogen) atoms. The fourth-order valence-corrected chi connectivity index (χ4v) is 4.43. The maximum atomic E-state index is 13.3. The summed E-state index contributed by atoms with van der Waals surface area (Å²) < 4.78 is 46.3. The molecule has 7 heteroatoms. The molecule has 3 rings (SSSR count). The minimum atomic E-state index is -4.49. The Balaban J connectivity index is 2.04. The van der Waals surface area contributed by atoms with Crippen molar-refractivity contribution >= 4 is 33.2 Å². The van der Waals surface area contributed by atoms with Crippen molar-refractivity contribution in [1.82, 2.24) is 0 Å². The van der Waals surface area contributed by atoms with Crippen molar-refractivity contribution in [2.24, 2.45) is 0 Å². The van der Waals surface area contributed by atoms with E-state index >= 15 is 0 Å². The zero-order valence-electron chi connectivity index (χ0n) is 15.0. The van der Waals surface area contributed by atoms with Crippen LogP contribution in [-0.4, -0.2) is 20.3 Å². The van der Waals surface area contributed by atoms with Crippen molar-refractivity contribution < 1.29 is 17.9 Å². The number of hydrogen-bond donors (Lipinski definition) is 0. The van der Waals surface area contributed by atoms with Gasteiger partial charge in [0.15, 0.2) is 0 Å². The number of hydrogen-bond acceptors (Lipinski definition) is 2. The molecule has 0 radical (unpaired) electrons. The van der Waals surface area contributed by atoms with Gasteiger partial charge in [0.25, 0.3) is 0 Å². The Kier molecular flexibility index (Phi) is 6.08. The second kappa shape index (κ2) is 8.02. The van der Waals surface area contributed by atoms with E-state index in [-0.39, 0.29) is 11.1 Å². The van der Waals surface area contributed by atoms with Gasteiger partial charge in [0.2, 0.25) is 0 Å². The summed E-state index contributed by atoms with van der Waals surface area (Å²) in [6.45, 7) is 2.95. The topological polar surface area (TPSA) is 12.5 Å². The minimum absolute atomic E-state index is 0.00527. The molecule has 0 bridgehead atoms. The molecular weight excluding hydrogens is 443 g/mol. The van der Waals surface area contributed by atoms with Crippen LogP contribution in [-0.2, 0) is 17.3 Å². The van der Waals surface area contributed by atoms with Gasteiger partial charge in [-0.05, 0) is 54.7 Å². The van der Waals surface area contributed by atoms with Crippen LogP contribution in [0.2, 0.25) is 5.02 Å². The predicted octanol–water partition coefficient (Wildman–Crippen LogP) is 6.57. The summed E-state index contributed by atoms with van der Waals surface area (Å²) >= 11 is 9.45. The van der Waals surface area contributed by atoms with Gasteiger partial charge in [-0.15, -0.1) is 0 Å². The number of rotatable bonds is 5. The molecule has 1 aliphatic carbocycles. The SMILES string of the molecule is COCCN(c1ccc(Cl)c(C(F)(F)F)c1)C1CCc2c1ccc(C)c2Br. The van der Waals surface area contributed by atoms with Gasteiger partial charge < -0.3 is 9.64 Å². The molecule has 0 amide bonds. The second-order valence-corrected chi connectivity index (χ2v) is 7.87. The summed E-state index contributed by atoms with van der Waals surface area (Å²) in [7, 11) is 1.59. The lowest BCUT2D eigenvalue weighted by Gasteiger charge is -2.32. The van der Waals surface area contributed by atoms with Gasteiger partial charge in [-0.1, -0.05) is 39.7 Å². The standard InChI is InChI=1S/C20H20BrClF3NO/c1-12-3-5-14-15(19(12)21)6-8-18(14)26(9-10-27-2)13-4-7-17(22)16(11-13)20(23,24)25/h3-5,7,11,18H,6,8-10H2,1-2H3. The third-order valence-corrected chi connectivity index (χ3v) is 6.43. The number of halogens is 5. The van der Waals surface area contributed by atoms with E-state index in [9.17, 15) is 13.2 Å². The van der Waals surface area contributed by atoms with Crippen molar-refractivity contribution in [3.05, 3.63) is 62.1 Å². The van der Waals surface area contributed by atoms with Crippen molar-refractivity contribution in [2.45, 2.75) is 32.0 Å². The van der Waals surface area contributed by atoms with Crippen LogP contribution in [0.5, 0.6) is 0 Å². The summed E-state index contributed by atoms with van der Waals surface area (Å²) in [5.41, 5.74) is 3.22. The number of benzene rings is 2. The summed E-state index contributed by atoms with van der Waals surface area (Å²) in [5.74, 6) is 0. The largest absolute Gasteiger partial charge is 0.417 e. The number of fused-ring (bicyclic) bond motifs is 1. The number of aryl methyl sites for hydroxylation is 1. The van der Waals surface area contributed by atoms with Crippen molar-refractivity contribution in [3.63, 3.8) is 0 Å². The molecule has 0 aromatic heterocycles. The molecule has 0 fully saturated rings. The Hall–Kier alpha value is -1.24. The first-order valence-electron chi connectivity index (χ1n) is 8.64. The van der Waals surface area contributed by atoms with Crippen LogP contribution in [0.4, 0.5) is 18.9 Å². The lowest BCUT2D eigenvalue weighted by Crippen LogP contribution is -2.31. The van der Waals surface area contributed by atoms with E-state index in [1.54, 1.807) is 13.2 Å². The van der Waals surface area contributed by atoms with Gasteiger partial charge >= 0.3 is 6.18 Å². The normalized spacial score (nSPS) is 16.5. The van der Waals surface area contributed by atoms with Gasteiger partial charge in [0.1, 0.15) is 0 Å². The molecule has 0 N–H and O–H groups in total. The predicted molar refractivity (Wildman–Crippen MR) is 106 cm³/mol. The first kappa shape index (κ1) is 20.5. The zero-order chi connectivity index (χ0) is 19.8. The molecule has 1 aliphatic rings. The molecular formula is C20H20BrClF3NO. The smallest absolute Gasteiger partial charge is 0.383 e. The Morgan fingerprint density at radius 1 is 1.26 bits per heavy atom. The van der Waals surface area contributed by atoms with E-state index in [0.29, 0.717) is 18.8 Å². The van der Waals surface area contributed by atoms with Gasteiger partial charge in [-0.2, -0.15) is 13.2 Å². The molecule has 0 saturated carbocycles. The van der Waals surface area contributed by atoms with Crippen LogP contribution >= 0.6 is 27.5 Å². The second-order valence-electron chi connectivity index (χ2n) is 6.67. The van der Waals surface area contributed by atoms with Crippen molar-refractivity contribution in [3.8, 4) is 0 Å². The van der Waals surface area contributed by atoms with Crippen molar-refractivity contribution in [1.29, 1.82) is 0 Å². The fraction of sp³-hybridized carbons (Fsp3) is 0.400. The minimum Gasteiger partial charge on any atom is -0.383 e. The lowest BCUT2D eigenvalue weighted by atomic mass is 10.0. The summed E-state index contributed by atoms with van der Waals surface area (Å²) in [6, 6.07) is 8.22. The first-order chi connectivity index (χ1) is 12.7. The number of anilines is 1. The number of methoxy groups -OCH3 is 1. The molecule has 146 valence electrons. The van der Waals surface area contributed by atoms with Crippen LogP contribution in [0.25, 0.3) is 0 Å². The van der Waals surface area contributed by atoms with Gasteiger partial charge in [-0.3, -0.25) is 0 Å². The molecule has 0 spiro atoms. The first-order valence-corrected chi connectivity index (χ1v) is 9.81. The molecule has 1 unspecified atom stereocenters. The third-order valence-electron chi connectivity index (χ3n) is 5.00. The summed E-state index contributed by atoms with van der Waals surface area (Å²) in [4.78, 5) is 1.99. The van der Waals surface area contributed by atoms with Crippen molar-refractivity contribution in [2.75, 3.05) is 25.2 Å². The molecule has 0 heterocycles. The van der Waals surface area contributed by atoms with E-state index in [0.717, 1.165) is 34.5 Å². The van der Waals surface area contributed by atoms with Crippen LogP contribution in [0.1, 0.15) is 34.7 Å². The van der Waals surface area contributed by atoms with E-state index in [4.69, 9.17) is 16.3 Å². The van der Waals surface area contributed by atoms with E-state index in [1.807, 2.05) is 17.9 Å². The van der Waals surface area contributed by atoms with Crippen LogP contribution in [0.3, 0.4) is 0 Å². The monoisotopic (exact) mass is 461 g/mol. The average Bonchev–Trinajstić information content (AvgIpc) is 3.03. The average molecular weight is 463 g/mol. The maximum absolute atomic E-state index is 13.3. The third kappa shape index (κ3) is 4.13. The summed E-state index contributed by atoms with van der Waals surface area (Å²) in [5, 5.41) is -0.289. The van der Waals surface area contributed by atoms with Gasteiger partial charge in [0, 0.05) is 23.8 Å². The highest BCUT2D eigenvalue weighted by Gasteiger charge is 2.35. The zero-order valence-corrected chi connectivity index (χ0v) is 17.4. The van der Waals surface area contributed by atoms with Crippen LogP contribution < -0.4 is 4.90 Å². The molecule has 0 aliphatic heterocycles. The molecule has 2 nitrogen and oxygen atoms in total. The van der Waals surface area contributed by atoms with Crippen LogP contribution in [0.15, 0.2) is 34.8 Å². The Morgan fingerprint density at radius 3 is 2.67 bits per heavy atom. The van der Waals surface area contributed by atoms with Gasteiger partial charge in [-0.25, -0.2) is 0 Å². The Labute approximate surface area is 170 Å². The molecule has 2 aromatic rings. The fourth-order valence-electron chi connectivity index (χ4n) is 3.64. The summed E-state index contributed by atoms with van der Waals surface area (Å²) in [6.07, 6.45) is -2.77. The quantitative estimate of drug-likeness (QED) is 0.498. The highest BCUT2D eigenvalue weighted by atomic mass is 79.9. The molecule has 1 atom stereocenters. The van der Waals surface area contributed by atoms with Crippen LogP contribution in [0, 0.1) is 6.92 Å². The number of ether oxygens (including phenoxy) is 1. The van der Waals surface area contributed by atoms with Gasteiger partial charge in [0.05, 0.1) is 23.2 Å². The Bertz CT molecular complexity index is 841. The van der Waals surface area contributed by atoms with E-state index in [2.05, 4.69) is 22.0 Å². The molecule has 2 aromatic carbocycles. The van der Waals surface area contributed by atoms with E-state index < -0.39 is 11.7 Å². The number of alkyl halides is 3. The Morgan fingerprint density at radius 2 is 2.00 bits per heavy atom.